The third-order valence-corrected chi connectivity index (χ3v) is 4.78. The molecule has 2 N–H and O–H groups in total. The number of hydrogen-bond acceptors (Lipinski definition) is 2. The second-order valence-corrected chi connectivity index (χ2v) is 7.23. The maximum atomic E-state index is 12.5. The quantitative estimate of drug-likeness (QED) is 0.739. The summed E-state index contributed by atoms with van der Waals surface area (Å²) in [6, 6.07) is -0.138. The second kappa shape index (κ2) is 6.63. The molecule has 2 aliphatic rings. The fourth-order valence-corrected chi connectivity index (χ4v) is 3.69. The first kappa shape index (κ1) is 16.1. The highest BCUT2D eigenvalue weighted by atomic mass is 16.2. The van der Waals surface area contributed by atoms with Gasteiger partial charge in [0.1, 0.15) is 6.04 Å². The maximum absolute atomic E-state index is 12.5. The lowest BCUT2D eigenvalue weighted by molar-refractivity contribution is -0.128. The second-order valence-electron chi connectivity index (χ2n) is 7.23. The molecule has 0 radical (unpaired) electrons. The number of fused-ring (bicyclic) bond motifs is 2. The monoisotopic (exact) mass is 292 g/mol. The van der Waals surface area contributed by atoms with Gasteiger partial charge in [-0.1, -0.05) is 26.8 Å². The van der Waals surface area contributed by atoms with Gasteiger partial charge in [0.15, 0.2) is 0 Å². The van der Waals surface area contributed by atoms with Crippen LogP contribution in [0.25, 0.3) is 0 Å². The van der Waals surface area contributed by atoms with E-state index in [1.54, 1.807) is 6.92 Å². The first-order chi connectivity index (χ1) is 9.86. The van der Waals surface area contributed by atoms with Crippen molar-refractivity contribution < 1.29 is 9.59 Å². The van der Waals surface area contributed by atoms with Crippen LogP contribution in [0.2, 0.25) is 0 Å². The van der Waals surface area contributed by atoms with E-state index in [0.717, 1.165) is 12.3 Å². The van der Waals surface area contributed by atoms with Crippen molar-refractivity contribution in [2.75, 3.05) is 0 Å². The van der Waals surface area contributed by atoms with Crippen LogP contribution in [0.1, 0.15) is 52.9 Å². The van der Waals surface area contributed by atoms with Crippen LogP contribution >= 0.6 is 0 Å². The SMILES string of the molecule is C=C(C)C(=O)N[C@@H](CC(C)C)C(=O)N[C@@H]1C[C@H]2CC[C@H]1C2. The van der Waals surface area contributed by atoms with Crippen LogP contribution in [0.15, 0.2) is 12.2 Å². The van der Waals surface area contributed by atoms with Crippen molar-refractivity contribution in [3.63, 3.8) is 0 Å². The Morgan fingerprint density at radius 1 is 1.24 bits per heavy atom. The predicted octanol–water partition coefficient (Wildman–Crippen LogP) is 2.40. The van der Waals surface area contributed by atoms with Crippen LogP contribution in [0.3, 0.4) is 0 Å². The van der Waals surface area contributed by atoms with Gasteiger partial charge in [0.2, 0.25) is 11.8 Å². The predicted molar refractivity (Wildman–Crippen MR) is 83.6 cm³/mol. The molecule has 2 aliphatic carbocycles. The summed E-state index contributed by atoms with van der Waals surface area (Å²) in [6.07, 6.45) is 5.59. The Balaban J connectivity index is 1.93. The molecule has 0 aromatic rings. The normalized spacial score (nSPS) is 28.5. The number of nitrogens with one attached hydrogen (secondary N) is 2. The molecule has 2 amide bonds. The summed E-state index contributed by atoms with van der Waals surface area (Å²) in [7, 11) is 0. The standard InChI is InChI=1S/C17H28N2O2/c1-10(2)7-15(19-16(20)11(3)4)17(21)18-14-9-12-5-6-13(14)8-12/h10,12-15H,3,5-9H2,1-2,4H3,(H,18,21)(H,19,20)/t12-,13-,14+,15-/m0/s1. The Morgan fingerprint density at radius 2 is 1.95 bits per heavy atom. The first-order valence-electron chi connectivity index (χ1n) is 8.13. The molecule has 2 fully saturated rings. The van der Waals surface area contributed by atoms with Crippen LogP contribution in [-0.4, -0.2) is 23.9 Å². The Morgan fingerprint density at radius 3 is 2.43 bits per heavy atom. The van der Waals surface area contributed by atoms with Gasteiger partial charge in [0.25, 0.3) is 0 Å². The summed E-state index contributed by atoms with van der Waals surface area (Å²) >= 11 is 0. The van der Waals surface area contributed by atoms with Crippen molar-refractivity contribution in [2.24, 2.45) is 17.8 Å². The lowest BCUT2D eigenvalue weighted by atomic mass is 9.94. The molecule has 21 heavy (non-hydrogen) atoms. The molecule has 4 nitrogen and oxygen atoms in total. The van der Waals surface area contributed by atoms with Crippen molar-refractivity contribution in [1.29, 1.82) is 0 Å². The molecule has 2 bridgehead atoms. The van der Waals surface area contributed by atoms with E-state index in [4.69, 9.17) is 0 Å². The van der Waals surface area contributed by atoms with Crippen molar-refractivity contribution in [1.82, 2.24) is 10.6 Å². The van der Waals surface area contributed by atoms with Crippen LogP contribution in [0, 0.1) is 17.8 Å². The minimum Gasteiger partial charge on any atom is -0.351 e. The Bertz CT molecular complexity index is 431. The molecule has 118 valence electrons. The number of carbonyl (C=O) groups excluding carboxylic acids is 2. The van der Waals surface area contributed by atoms with Gasteiger partial charge in [-0.15, -0.1) is 0 Å². The Kier molecular flexibility index (Phi) is 5.07. The topological polar surface area (TPSA) is 58.2 Å². The van der Waals surface area contributed by atoms with E-state index in [2.05, 4.69) is 31.1 Å². The van der Waals surface area contributed by atoms with Gasteiger partial charge >= 0.3 is 0 Å². The summed E-state index contributed by atoms with van der Waals surface area (Å²) < 4.78 is 0. The van der Waals surface area contributed by atoms with E-state index in [1.807, 2.05) is 0 Å². The summed E-state index contributed by atoms with van der Waals surface area (Å²) in [5.41, 5.74) is 0.441. The van der Waals surface area contributed by atoms with Crippen LogP contribution in [-0.2, 0) is 9.59 Å². The highest BCUT2D eigenvalue weighted by molar-refractivity contribution is 5.96. The molecular weight excluding hydrogens is 264 g/mol. The fraction of sp³-hybridized carbons (Fsp3) is 0.765. The van der Waals surface area contributed by atoms with Gasteiger partial charge < -0.3 is 10.6 Å². The first-order valence-corrected chi connectivity index (χ1v) is 8.13. The summed E-state index contributed by atoms with van der Waals surface area (Å²) in [4.78, 5) is 24.3. The number of rotatable bonds is 6. The summed E-state index contributed by atoms with van der Waals surface area (Å²) in [6.45, 7) is 9.42. The molecule has 2 rings (SSSR count). The van der Waals surface area contributed by atoms with E-state index in [0.29, 0.717) is 29.9 Å². The molecule has 0 aromatic heterocycles. The number of amides is 2. The Hall–Kier alpha value is -1.32. The van der Waals surface area contributed by atoms with Gasteiger partial charge in [-0.2, -0.15) is 0 Å². The lowest BCUT2D eigenvalue weighted by Gasteiger charge is -2.27. The third kappa shape index (κ3) is 4.08. The fourth-order valence-electron chi connectivity index (χ4n) is 3.69. The maximum Gasteiger partial charge on any atom is 0.246 e. The number of hydrogen-bond donors (Lipinski definition) is 2. The van der Waals surface area contributed by atoms with Crippen LogP contribution in [0.5, 0.6) is 0 Å². The summed E-state index contributed by atoms with van der Waals surface area (Å²) in [5, 5.41) is 5.99. The van der Waals surface area contributed by atoms with Crippen molar-refractivity contribution in [2.45, 2.75) is 65.0 Å². The highest BCUT2D eigenvalue weighted by Gasteiger charge is 2.40. The van der Waals surface area contributed by atoms with E-state index in [1.165, 1.54) is 19.3 Å². The zero-order valence-electron chi connectivity index (χ0n) is 13.4. The van der Waals surface area contributed by atoms with Crippen molar-refractivity contribution in [3.8, 4) is 0 Å². The average molecular weight is 292 g/mol. The molecular formula is C17H28N2O2. The molecule has 2 saturated carbocycles. The molecule has 4 heteroatoms. The van der Waals surface area contributed by atoms with E-state index in [9.17, 15) is 9.59 Å². The summed E-state index contributed by atoms with van der Waals surface area (Å²) in [5.74, 6) is 1.54. The zero-order chi connectivity index (χ0) is 15.6. The molecule has 4 atom stereocenters. The molecule has 0 aromatic carbocycles. The zero-order valence-corrected chi connectivity index (χ0v) is 13.4. The Labute approximate surface area is 127 Å². The van der Waals surface area contributed by atoms with Crippen molar-refractivity contribution in [3.05, 3.63) is 12.2 Å². The van der Waals surface area contributed by atoms with E-state index in [-0.39, 0.29) is 11.8 Å². The van der Waals surface area contributed by atoms with E-state index < -0.39 is 6.04 Å². The van der Waals surface area contributed by atoms with Gasteiger partial charge in [0.05, 0.1) is 0 Å². The van der Waals surface area contributed by atoms with Crippen LogP contribution in [0.4, 0.5) is 0 Å². The molecule has 0 heterocycles. The molecule has 0 saturated heterocycles. The van der Waals surface area contributed by atoms with E-state index >= 15 is 0 Å². The smallest absolute Gasteiger partial charge is 0.246 e. The third-order valence-electron chi connectivity index (χ3n) is 4.78. The molecule has 0 aliphatic heterocycles. The minimum atomic E-state index is -0.451. The largest absolute Gasteiger partial charge is 0.351 e. The van der Waals surface area contributed by atoms with Gasteiger partial charge in [0, 0.05) is 11.6 Å². The highest BCUT2D eigenvalue weighted by Crippen LogP contribution is 2.44. The van der Waals surface area contributed by atoms with Gasteiger partial charge in [-0.3, -0.25) is 9.59 Å². The van der Waals surface area contributed by atoms with Gasteiger partial charge in [-0.05, 0) is 50.4 Å². The lowest BCUT2D eigenvalue weighted by Crippen LogP contribution is -2.51. The number of carbonyl (C=O) groups is 2. The van der Waals surface area contributed by atoms with Gasteiger partial charge in [-0.25, -0.2) is 0 Å². The minimum absolute atomic E-state index is 0.0316. The molecule has 0 spiro atoms. The van der Waals surface area contributed by atoms with Crippen molar-refractivity contribution >= 4 is 11.8 Å². The average Bonchev–Trinajstić information content (AvgIpc) is 2.99. The van der Waals surface area contributed by atoms with Crippen LogP contribution < -0.4 is 10.6 Å². The molecule has 0 unspecified atom stereocenters.